The Bertz CT molecular complexity index is 592. The molecule has 0 radical (unpaired) electrons. The third-order valence-electron chi connectivity index (χ3n) is 2.80. The molecular weight excluding hydrogens is 252 g/mol. The summed E-state index contributed by atoms with van der Waals surface area (Å²) in [6.07, 6.45) is 1.73. The molecule has 1 amide bonds. The normalized spacial score (nSPS) is 16.1. The number of carbonyl (C=O) groups excluding carboxylic acids is 1. The molecule has 3 rings (SSSR count). The molecule has 18 heavy (non-hydrogen) atoms. The highest BCUT2D eigenvalue weighted by Crippen LogP contribution is 2.24. The average Bonchev–Trinajstić information content (AvgIpc) is 2.82. The van der Waals surface area contributed by atoms with Gasteiger partial charge in [0.1, 0.15) is 4.83 Å². The molecular formula is C11H12N4O2S. The number of ether oxygens (including phenoxy) is 1. The molecule has 3 heterocycles. The van der Waals surface area contributed by atoms with Crippen LogP contribution < -0.4 is 10.6 Å². The molecule has 1 fully saturated rings. The van der Waals surface area contributed by atoms with E-state index in [1.54, 1.807) is 12.3 Å². The van der Waals surface area contributed by atoms with E-state index < -0.39 is 5.91 Å². The van der Waals surface area contributed by atoms with Crippen LogP contribution in [0.25, 0.3) is 10.2 Å². The van der Waals surface area contributed by atoms with Gasteiger partial charge >= 0.3 is 0 Å². The first kappa shape index (κ1) is 11.4. The predicted molar refractivity (Wildman–Crippen MR) is 69.0 cm³/mol. The van der Waals surface area contributed by atoms with Crippen LogP contribution in [-0.2, 0) is 4.74 Å². The van der Waals surface area contributed by atoms with E-state index in [0.717, 1.165) is 23.3 Å². The summed E-state index contributed by atoms with van der Waals surface area (Å²) in [6, 6.07) is 1.73. The van der Waals surface area contributed by atoms with E-state index in [9.17, 15) is 4.79 Å². The Morgan fingerprint density at radius 1 is 1.44 bits per heavy atom. The highest BCUT2D eigenvalue weighted by Gasteiger charge is 2.15. The van der Waals surface area contributed by atoms with Gasteiger partial charge in [-0.2, -0.15) is 0 Å². The molecule has 1 aliphatic rings. The number of nitrogens with zero attached hydrogens (tertiary/aromatic N) is 3. The van der Waals surface area contributed by atoms with Gasteiger partial charge in [0.2, 0.25) is 5.95 Å². The molecule has 0 spiro atoms. The lowest BCUT2D eigenvalue weighted by Gasteiger charge is -2.26. The van der Waals surface area contributed by atoms with Crippen molar-refractivity contribution in [3.05, 3.63) is 17.1 Å². The average molecular weight is 264 g/mol. The Hall–Kier alpha value is -1.73. The number of thiophene rings is 1. The van der Waals surface area contributed by atoms with Crippen molar-refractivity contribution >= 4 is 33.4 Å². The first-order chi connectivity index (χ1) is 8.74. The van der Waals surface area contributed by atoms with Crippen LogP contribution in [0.15, 0.2) is 12.3 Å². The van der Waals surface area contributed by atoms with E-state index in [4.69, 9.17) is 10.5 Å². The number of hydrogen-bond donors (Lipinski definition) is 1. The van der Waals surface area contributed by atoms with Crippen LogP contribution in [0.4, 0.5) is 5.95 Å². The minimum atomic E-state index is -0.425. The number of rotatable bonds is 2. The first-order valence-electron chi connectivity index (χ1n) is 5.63. The Balaban J connectivity index is 1.96. The quantitative estimate of drug-likeness (QED) is 0.860. The minimum absolute atomic E-state index is 0.425. The summed E-state index contributed by atoms with van der Waals surface area (Å²) in [6.45, 7) is 2.97. The zero-order valence-corrected chi connectivity index (χ0v) is 10.4. The predicted octanol–water partition coefficient (Wildman–Crippen LogP) is 0.627. The van der Waals surface area contributed by atoms with Crippen LogP contribution in [0.3, 0.4) is 0 Å². The van der Waals surface area contributed by atoms with Gasteiger partial charge in [-0.1, -0.05) is 0 Å². The molecule has 1 saturated heterocycles. The van der Waals surface area contributed by atoms with Crippen molar-refractivity contribution in [3.63, 3.8) is 0 Å². The van der Waals surface area contributed by atoms with Gasteiger partial charge in [0.15, 0.2) is 0 Å². The van der Waals surface area contributed by atoms with Crippen LogP contribution in [0.5, 0.6) is 0 Å². The van der Waals surface area contributed by atoms with Gasteiger partial charge in [-0.25, -0.2) is 9.97 Å². The lowest BCUT2D eigenvalue weighted by Crippen LogP contribution is -2.37. The van der Waals surface area contributed by atoms with Gasteiger partial charge in [-0.15, -0.1) is 11.3 Å². The van der Waals surface area contributed by atoms with Crippen molar-refractivity contribution in [2.24, 2.45) is 5.73 Å². The molecule has 0 atom stereocenters. The summed E-state index contributed by atoms with van der Waals surface area (Å²) in [7, 11) is 0. The largest absolute Gasteiger partial charge is 0.378 e. The number of anilines is 1. The van der Waals surface area contributed by atoms with Crippen LogP contribution in [0.2, 0.25) is 0 Å². The van der Waals surface area contributed by atoms with E-state index in [0.29, 0.717) is 24.0 Å². The van der Waals surface area contributed by atoms with Crippen LogP contribution in [-0.4, -0.2) is 42.2 Å². The molecule has 6 nitrogen and oxygen atoms in total. The third kappa shape index (κ3) is 2.02. The number of morpholine rings is 1. The zero-order chi connectivity index (χ0) is 12.5. The Morgan fingerprint density at radius 2 is 2.22 bits per heavy atom. The fourth-order valence-corrected chi connectivity index (χ4v) is 2.71. The second-order valence-corrected chi connectivity index (χ2v) is 5.04. The molecule has 1 aliphatic heterocycles. The Morgan fingerprint density at radius 3 is 2.94 bits per heavy atom. The van der Waals surface area contributed by atoms with Crippen molar-refractivity contribution in [1.29, 1.82) is 0 Å². The zero-order valence-electron chi connectivity index (χ0n) is 9.63. The van der Waals surface area contributed by atoms with Gasteiger partial charge < -0.3 is 15.4 Å². The van der Waals surface area contributed by atoms with Gasteiger partial charge in [-0.05, 0) is 6.07 Å². The van der Waals surface area contributed by atoms with Crippen molar-refractivity contribution < 1.29 is 9.53 Å². The number of hydrogen-bond acceptors (Lipinski definition) is 6. The van der Waals surface area contributed by atoms with E-state index in [1.165, 1.54) is 11.3 Å². The Labute approximate surface area is 107 Å². The van der Waals surface area contributed by atoms with Crippen molar-refractivity contribution in [2.75, 3.05) is 31.2 Å². The number of carbonyl (C=O) groups is 1. The number of primary amides is 1. The molecule has 0 bridgehead atoms. The molecule has 0 saturated carbocycles. The molecule has 0 aromatic carbocycles. The third-order valence-corrected chi connectivity index (χ3v) is 3.86. The van der Waals surface area contributed by atoms with Crippen LogP contribution in [0.1, 0.15) is 9.67 Å². The van der Waals surface area contributed by atoms with Gasteiger partial charge in [-0.3, -0.25) is 4.79 Å². The highest BCUT2D eigenvalue weighted by atomic mass is 32.1. The molecule has 2 aromatic heterocycles. The number of nitrogens with two attached hydrogens (primary N) is 1. The molecule has 0 aliphatic carbocycles. The maximum absolute atomic E-state index is 11.1. The summed E-state index contributed by atoms with van der Waals surface area (Å²) in [4.78, 5) is 23.3. The Kier molecular flexibility index (Phi) is 2.85. The van der Waals surface area contributed by atoms with Gasteiger partial charge in [0.05, 0.1) is 18.1 Å². The maximum Gasteiger partial charge on any atom is 0.258 e. The van der Waals surface area contributed by atoms with Crippen molar-refractivity contribution in [2.45, 2.75) is 0 Å². The summed E-state index contributed by atoms with van der Waals surface area (Å²) < 4.78 is 5.29. The highest BCUT2D eigenvalue weighted by molar-refractivity contribution is 7.20. The van der Waals surface area contributed by atoms with E-state index in [1.807, 2.05) is 0 Å². The van der Waals surface area contributed by atoms with Crippen molar-refractivity contribution in [3.8, 4) is 0 Å². The fourth-order valence-electron chi connectivity index (χ4n) is 1.86. The standard InChI is InChI=1S/C11H12N4O2S/c12-9(16)8-5-7-6-13-11(14-10(7)18-8)15-1-3-17-4-2-15/h5-6H,1-4H2,(H2,12,16). The van der Waals surface area contributed by atoms with E-state index in [2.05, 4.69) is 14.9 Å². The molecule has 2 N–H and O–H groups in total. The van der Waals surface area contributed by atoms with Crippen molar-refractivity contribution in [1.82, 2.24) is 9.97 Å². The summed E-state index contributed by atoms with van der Waals surface area (Å²) in [5.41, 5.74) is 5.25. The van der Waals surface area contributed by atoms with E-state index in [-0.39, 0.29) is 0 Å². The summed E-state index contributed by atoms with van der Waals surface area (Å²) >= 11 is 1.30. The monoisotopic (exact) mass is 264 g/mol. The van der Waals surface area contributed by atoms with Crippen LogP contribution in [0, 0.1) is 0 Å². The van der Waals surface area contributed by atoms with Gasteiger partial charge in [0.25, 0.3) is 5.91 Å². The second kappa shape index (κ2) is 4.51. The molecule has 0 unspecified atom stereocenters. The fraction of sp³-hybridized carbons (Fsp3) is 0.364. The number of fused-ring (bicyclic) bond motifs is 1. The van der Waals surface area contributed by atoms with Gasteiger partial charge in [0, 0.05) is 24.7 Å². The first-order valence-corrected chi connectivity index (χ1v) is 6.45. The SMILES string of the molecule is NC(=O)c1cc2cnc(N3CCOCC3)nc2s1. The number of amides is 1. The van der Waals surface area contributed by atoms with Crippen LogP contribution >= 0.6 is 11.3 Å². The lowest BCUT2D eigenvalue weighted by atomic mass is 10.3. The minimum Gasteiger partial charge on any atom is -0.378 e. The smallest absolute Gasteiger partial charge is 0.258 e. The summed E-state index contributed by atoms with van der Waals surface area (Å²) in [5.74, 6) is 0.259. The maximum atomic E-state index is 11.1. The topological polar surface area (TPSA) is 81.3 Å². The molecule has 7 heteroatoms. The number of aromatic nitrogens is 2. The second-order valence-electron chi connectivity index (χ2n) is 4.00. The molecule has 2 aromatic rings. The molecule has 94 valence electrons. The lowest BCUT2D eigenvalue weighted by molar-refractivity contribution is 0.100. The van der Waals surface area contributed by atoms with E-state index >= 15 is 0 Å². The summed E-state index contributed by atoms with van der Waals surface area (Å²) in [5, 5.41) is 0.853.